The highest BCUT2D eigenvalue weighted by Gasteiger charge is 2.13. The van der Waals surface area contributed by atoms with Crippen molar-refractivity contribution in [2.45, 2.75) is 0 Å². The molecule has 1 amide bonds. The zero-order valence-corrected chi connectivity index (χ0v) is 19.5. The molecule has 1 N–H and O–H groups in total. The zero-order chi connectivity index (χ0) is 22.8. The van der Waals surface area contributed by atoms with Gasteiger partial charge in [-0.3, -0.25) is 4.79 Å². The van der Waals surface area contributed by atoms with Gasteiger partial charge in [0.1, 0.15) is 11.3 Å². The van der Waals surface area contributed by atoms with E-state index < -0.39 is 0 Å². The Morgan fingerprint density at radius 2 is 1.78 bits per heavy atom. The number of ether oxygens (including phenoxy) is 1. The largest absolute Gasteiger partial charge is 0.495 e. The maximum absolute atomic E-state index is 12.5. The van der Waals surface area contributed by atoms with Crippen LogP contribution in [0.5, 0.6) is 5.75 Å². The molecule has 3 aromatic carbocycles. The van der Waals surface area contributed by atoms with Gasteiger partial charge in [0.25, 0.3) is 0 Å². The molecule has 0 aliphatic carbocycles. The Bertz CT molecular complexity index is 1370. The van der Waals surface area contributed by atoms with Crippen LogP contribution in [-0.4, -0.2) is 18.0 Å². The lowest BCUT2D eigenvalue weighted by molar-refractivity contribution is -0.111. The maximum atomic E-state index is 12.5. The molecule has 162 valence electrons. The van der Waals surface area contributed by atoms with E-state index in [1.165, 1.54) is 13.2 Å². The van der Waals surface area contributed by atoms with Crippen molar-refractivity contribution in [1.82, 2.24) is 4.98 Å². The third kappa shape index (κ3) is 4.87. The van der Waals surface area contributed by atoms with Crippen LogP contribution >= 0.6 is 46.4 Å². The summed E-state index contributed by atoms with van der Waals surface area (Å²) in [5.74, 6) is 0.429. The van der Waals surface area contributed by atoms with E-state index >= 15 is 0 Å². The summed E-state index contributed by atoms with van der Waals surface area (Å²) >= 11 is 24.4. The Balaban J connectivity index is 1.55. The maximum Gasteiger partial charge on any atom is 0.248 e. The van der Waals surface area contributed by atoms with Gasteiger partial charge in [0.05, 0.1) is 17.2 Å². The van der Waals surface area contributed by atoms with Gasteiger partial charge in [-0.1, -0.05) is 52.5 Å². The van der Waals surface area contributed by atoms with Gasteiger partial charge in [0, 0.05) is 32.9 Å². The number of carbonyl (C=O) groups is 1. The molecule has 0 bridgehead atoms. The van der Waals surface area contributed by atoms with E-state index in [0.29, 0.717) is 59.6 Å². The Morgan fingerprint density at radius 3 is 2.56 bits per heavy atom. The van der Waals surface area contributed by atoms with Crippen molar-refractivity contribution in [3.8, 4) is 17.2 Å². The van der Waals surface area contributed by atoms with E-state index in [9.17, 15) is 4.79 Å². The summed E-state index contributed by atoms with van der Waals surface area (Å²) in [6.45, 7) is 0. The summed E-state index contributed by atoms with van der Waals surface area (Å²) in [7, 11) is 1.49. The van der Waals surface area contributed by atoms with E-state index in [0.717, 1.165) is 0 Å². The monoisotopic (exact) mass is 506 g/mol. The zero-order valence-electron chi connectivity index (χ0n) is 16.5. The summed E-state index contributed by atoms with van der Waals surface area (Å²) in [5, 5.41) is 4.42. The summed E-state index contributed by atoms with van der Waals surface area (Å²) < 4.78 is 11.1. The van der Waals surface area contributed by atoms with Crippen LogP contribution in [0.3, 0.4) is 0 Å². The van der Waals surface area contributed by atoms with Gasteiger partial charge in [0.15, 0.2) is 5.58 Å². The molecule has 0 aliphatic rings. The number of carbonyl (C=O) groups excluding carboxylic acids is 1. The Hall–Kier alpha value is -2.70. The van der Waals surface area contributed by atoms with Gasteiger partial charge in [-0.2, -0.15) is 0 Å². The van der Waals surface area contributed by atoms with Crippen molar-refractivity contribution in [2.24, 2.45) is 0 Å². The molecule has 0 aliphatic heterocycles. The quantitative estimate of drug-likeness (QED) is 0.280. The number of amides is 1. The number of hydrogen-bond acceptors (Lipinski definition) is 4. The third-order valence-corrected chi connectivity index (χ3v) is 5.44. The minimum atomic E-state index is -0.354. The van der Waals surface area contributed by atoms with Crippen molar-refractivity contribution in [3.05, 3.63) is 80.3 Å². The SMILES string of the molecule is COc1c(Cl)cc(Cl)cc1C=CC(=O)Nc1cccc(-c2nc3cc(Cl)cc(Cl)c3o2)c1. The fourth-order valence-corrected chi connectivity index (χ4v) is 4.19. The molecule has 1 aromatic heterocycles. The van der Waals surface area contributed by atoms with Gasteiger partial charge >= 0.3 is 0 Å². The molecule has 0 spiro atoms. The Morgan fingerprint density at radius 1 is 1.03 bits per heavy atom. The summed E-state index contributed by atoms with van der Waals surface area (Å²) in [4.78, 5) is 16.9. The van der Waals surface area contributed by atoms with Gasteiger partial charge in [-0.15, -0.1) is 0 Å². The normalized spacial score (nSPS) is 11.3. The highest BCUT2D eigenvalue weighted by Crippen LogP contribution is 2.34. The number of hydrogen-bond donors (Lipinski definition) is 1. The van der Waals surface area contributed by atoms with Crippen molar-refractivity contribution in [1.29, 1.82) is 0 Å². The molecule has 32 heavy (non-hydrogen) atoms. The van der Waals surface area contributed by atoms with Gasteiger partial charge in [0.2, 0.25) is 11.8 Å². The Labute approximate surface area is 203 Å². The fraction of sp³-hybridized carbons (Fsp3) is 0.0435. The van der Waals surface area contributed by atoms with Crippen LogP contribution in [0.4, 0.5) is 5.69 Å². The first-order chi connectivity index (χ1) is 15.3. The van der Waals surface area contributed by atoms with E-state index in [4.69, 9.17) is 55.6 Å². The Kier molecular flexibility index (Phi) is 6.63. The molecule has 0 radical (unpaired) electrons. The minimum Gasteiger partial charge on any atom is -0.495 e. The van der Waals surface area contributed by atoms with Gasteiger partial charge in [-0.25, -0.2) is 4.98 Å². The van der Waals surface area contributed by atoms with Crippen LogP contribution < -0.4 is 10.1 Å². The topological polar surface area (TPSA) is 64.4 Å². The molecule has 1 heterocycles. The van der Waals surface area contributed by atoms with E-state index in [-0.39, 0.29) is 5.91 Å². The van der Waals surface area contributed by atoms with Crippen LogP contribution in [0.25, 0.3) is 28.6 Å². The molecular formula is C23H14Cl4N2O3. The highest BCUT2D eigenvalue weighted by atomic mass is 35.5. The second-order valence-electron chi connectivity index (χ2n) is 6.67. The molecule has 0 fully saturated rings. The van der Waals surface area contributed by atoms with E-state index in [1.54, 1.807) is 48.5 Å². The number of oxazole rings is 1. The number of anilines is 1. The van der Waals surface area contributed by atoms with Gasteiger partial charge in [-0.05, 0) is 48.5 Å². The first-order valence-corrected chi connectivity index (χ1v) is 10.7. The van der Waals surface area contributed by atoms with Crippen LogP contribution in [0, 0.1) is 0 Å². The molecule has 4 aromatic rings. The number of nitrogens with zero attached hydrogens (tertiary/aromatic N) is 1. The van der Waals surface area contributed by atoms with Crippen LogP contribution in [0.2, 0.25) is 20.1 Å². The lowest BCUT2D eigenvalue weighted by Gasteiger charge is -2.08. The van der Waals surface area contributed by atoms with Crippen molar-refractivity contribution in [3.63, 3.8) is 0 Å². The first kappa shape index (κ1) is 22.5. The molecule has 5 nitrogen and oxygen atoms in total. The first-order valence-electron chi connectivity index (χ1n) is 9.22. The summed E-state index contributed by atoms with van der Waals surface area (Å²) in [5.41, 5.74) is 2.79. The molecule has 4 rings (SSSR count). The average Bonchev–Trinajstić information content (AvgIpc) is 3.16. The standard InChI is InChI=1S/C23H14Cl4N2O3/c1-31-21-12(7-14(24)9-17(21)26)5-6-20(30)28-16-4-2-3-13(8-16)23-29-19-11-15(25)10-18(27)22(19)32-23/h2-11H,1H3,(H,28,30). The number of halogens is 4. The predicted molar refractivity (Wildman–Crippen MR) is 130 cm³/mol. The summed E-state index contributed by atoms with van der Waals surface area (Å²) in [6, 6.07) is 13.6. The molecule has 0 atom stereocenters. The number of nitrogens with one attached hydrogen (secondary N) is 1. The minimum absolute atomic E-state index is 0.354. The average molecular weight is 508 g/mol. The lowest BCUT2D eigenvalue weighted by atomic mass is 10.1. The van der Waals surface area contributed by atoms with E-state index in [1.807, 2.05) is 6.07 Å². The van der Waals surface area contributed by atoms with Crippen molar-refractivity contribution >= 4 is 75.2 Å². The number of fused-ring (bicyclic) bond motifs is 1. The third-order valence-electron chi connectivity index (χ3n) is 4.44. The second-order valence-corrected chi connectivity index (χ2v) is 8.36. The second kappa shape index (κ2) is 9.43. The molecule has 0 unspecified atom stereocenters. The number of aromatic nitrogens is 1. The lowest BCUT2D eigenvalue weighted by Crippen LogP contribution is -2.07. The molecule has 9 heteroatoms. The summed E-state index contributed by atoms with van der Waals surface area (Å²) in [6.07, 6.45) is 2.93. The predicted octanol–water partition coefficient (Wildman–Crippen LogP) is 7.77. The highest BCUT2D eigenvalue weighted by molar-refractivity contribution is 6.38. The van der Waals surface area contributed by atoms with E-state index in [2.05, 4.69) is 10.3 Å². The van der Waals surface area contributed by atoms with Crippen LogP contribution in [0.15, 0.2) is 59.0 Å². The molecule has 0 saturated carbocycles. The molecule has 0 saturated heterocycles. The van der Waals surface area contributed by atoms with Crippen molar-refractivity contribution in [2.75, 3.05) is 12.4 Å². The van der Waals surface area contributed by atoms with Gasteiger partial charge < -0.3 is 14.5 Å². The molecular weight excluding hydrogens is 494 g/mol. The smallest absolute Gasteiger partial charge is 0.248 e. The van der Waals surface area contributed by atoms with Crippen molar-refractivity contribution < 1.29 is 13.9 Å². The number of rotatable bonds is 5. The number of methoxy groups -OCH3 is 1. The van der Waals surface area contributed by atoms with Crippen LogP contribution in [0.1, 0.15) is 5.56 Å². The van der Waals surface area contributed by atoms with Crippen LogP contribution in [-0.2, 0) is 4.79 Å². The fourth-order valence-electron chi connectivity index (χ4n) is 3.08. The number of benzene rings is 3.